The van der Waals surface area contributed by atoms with Crippen molar-refractivity contribution in [2.75, 3.05) is 0 Å². The first-order valence-electron chi connectivity index (χ1n) is 4.08. The van der Waals surface area contributed by atoms with Crippen molar-refractivity contribution in [2.24, 2.45) is 5.73 Å². The van der Waals surface area contributed by atoms with Gasteiger partial charge in [-0.05, 0) is 30.5 Å². The lowest BCUT2D eigenvalue weighted by Gasteiger charge is -2.12. The molecule has 0 bridgehead atoms. The number of hydrogen-bond donors (Lipinski definition) is 2. The van der Waals surface area contributed by atoms with Crippen LogP contribution in [-0.4, -0.2) is 11.1 Å². The first-order chi connectivity index (χ1) is 6.04. The van der Waals surface area contributed by atoms with Crippen LogP contribution in [-0.2, 0) is 4.79 Å². The Labute approximate surface area is 89.3 Å². The third-order valence-electron chi connectivity index (χ3n) is 2.12. The van der Waals surface area contributed by atoms with Gasteiger partial charge in [0.05, 0.1) is 0 Å². The maximum atomic E-state index is 10.7. The van der Waals surface area contributed by atoms with E-state index < -0.39 is 12.0 Å². The number of hydrogen-bond acceptors (Lipinski definition) is 2. The molecule has 0 radical (unpaired) electrons. The van der Waals surface area contributed by atoms with Gasteiger partial charge in [-0.3, -0.25) is 4.79 Å². The second-order valence-electron chi connectivity index (χ2n) is 3.12. The first-order valence-corrected chi connectivity index (χ1v) is 4.08. The molecule has 14 heavy (non-hydrogen) atoms. The van der Waals surface area contributed by atoms with Gasteiger partial charge in [-0.1, -0.05) is 18.2 Å². The standard InChI is InChI=1S/C10H13NO2.ClH/c1-6-4-3-5-7(2)8(6)9(11)10(12)13;/h3-5,9H,11H2,1-2H3,(H,12,13);1H. The highest BCUT2D eigenvalue weighted by molar-refractivity contribution is 5.85. The van der Waals surface area contributed by atoms with E-state index in [1.165, 1.54) is 0 Å². The van der Waals surface area contributed by atoms with Crippen molar-refractivity contribution < 1.29 is 9.90 Å². The molecule has 0 spiro atoms. The zero-order valence-electron chi connectivity index (χ0n) is 8.15. The first kappa shape index (κ1) is 12.9. The fourth-order valence-corrected chi connectivity index (χ4v) is 1.44. The highest BCUT2D eigenvalue weighted by Crippen LogP contribution is 2.19. The summed E-state index contributed by atoms with van der Waals surface area (Å²) in [5.74, 6) is -0.989. The third kappa shape index (κ3) is 2.47. The zero-order valence-corrected chi connectivity index (χ0v) is 8.97. The molecule has 3 N–H and O–H groups in total. The lowest BCUT2D eigenvalue weighted by molar-refractivity contribution is -0.138. The van der Waals surface area contributed by atoms with E-state index >= 15 is 0 Å². The SMILES string of the molecule is Cc1cccc(C)c1C(N)C(=O)O.Cl. The third-order valence-corrected chi connectivity index (χ3v) is 2.12. The summed E-state index contributed by atoms with van der Waals surface area (Å²) < 4.78 is 0. The summed E-state index contributed by atoms with van der Waals surface area (Å²) in [6.45, 7) is 3.73. The predicted octanol–water partition coefficient (Wildman–Crippen LogP) is 1.81. The number of benzene rings is 1. The molecule has 1 unspecified atom stereocenters. The van der Waals surface area contributed by atoms with Gasteiger partial charge in [-0.25, -0.2) is 0 Å². The Hall–Kier alpha value is -1.06. The van der Waals surface area contributed by atoms with E-state index in [-0.39, 0.29) is 12.4 Å². The highest BCUT2D eigenvalue weighted by Gasteiger charge is 2.17. The Morgan fingerprint density at radius 3 is 2.14 bits per heavy atom. The number of nitrogens with two attached hydrogens (primary N) is 1. The quantitative estimate of drug-likeness (QED) is 0.791. The van der Waals surface area contributed by atoms with Gasteiger partial charge in [0, 0.05) is 0 Å². The van der Waals surface area contributed by atoms with Crippen molar-refractivity contribution in [2.45, 2.75) is 19.9 Å². The van der Waals surface area contributed by atoms with Crippen LogP contribution in [0.5, 0.6) is 0 Å². The van der Waals surface area contributed by atoms with Gasteiger partial charge in [-0.2, -0.15) is 0 Å². The van der Waals surface area contributed by atoms with Gasteiger partial charge in [0.2, 0.25) is 0 Å². The van der Waals surface area contributed by atoms with Crippen LogP contribution >= 0.6 is 12.4 Å². The maximum Gasteiger partial charge on any atom is 0.325 e. The van der Waals surface area contributed by atoms with Gasteiger partial charge in [-0.15, -0.1) is 12.4 Å². The van der Waals surface area contributed by atoms with E-state index in [1.807, 2.05) is 32.0 Å². The number of carboxylic acid groups (broad SMARTS) is 1. The largest absolute Gasteiger partial charge is 0.480 e. The summed E-state index contributed by atoms with van der Waals surface area (Å²) in [5, 5.41) is 8.76. The topological polar surface area (TPSA) is 63.3 Å². The molecule has 1 aromatic carbocycles. The fourth-order valence-electron chi connectivity index (χ4n) is 1.44. The normalized spacial score (nSPS) is 11.6. The lowest BCUT2D eigenvalue weighted by atomic mass is 9.97. The van der Waals surface area contributed by atoms with Crippen LogP contribution in [0.4, 0.5) is 0 Å². The summed E-state index contributed by atoms with van der Waals surface area (Å²) in [7, 11) is 0. The molecule has 0 saturated heterocycles. The number of aryl methyl sites for hydroxylation is 2. The van der Waals surface area contributed by atoms with E-state index in [2.05, 4.69) is 0 Å². The Balaban J connectivity index is 0.00000169. The smallest absolute Gasteiger partial charge is 0.325 e. The molecular formula is C10H14ClNO2. The summed E-state index contributed by atoms with van der Waals surface area (Å²) in [5.41, 5.74) is 8.11. The van der Waals surface area contributed by atoms with Crippen LogP contribution in [0.25, 0.3) is 0 Å². The van der Waals surface area contributed by atoms with Crippen molar-refractivity contribution in [1.29, 1.82) is 0 Å². The van der Waals surface area contributed by atoms with Crippen molar-refractivity contribution in [1.82, 2.24) is 0 Å². The number of carbonyl (C=O) groups is 1. The molecule has 0 aliphatic rings. The van der Waals surface area contributed by atoms with E-state index in [1.54, 1.807) is 0 Å². The molecule has 1 rings (SSSR count). The van der Waals surface area contributed by atoms with Crippen molar-refractivity contribution in [3.8, 4) is 0 Å². The Morgan fingerprint density at radius 2 is 1.79 bits per heavy atom. The van der Waals surface area contributed by atoms with Crippen molar-refractivity contribution in [3.63, 3.8) is 0 Å². The molecule has 1 atom stereocenters. The fraction of sp³-hybridized carbons (Fsp3) is 0.300. The molecule has 0 aliphatic heterocycles. The second kappa shape index (κ2) is 4.98. The maximum absolute atomic E-state index is 10.7. The van der Waals surface area contributed by atoms with Crippen molar-refractivity contribution in [3.05, 3.63) is 34.9 Å². The van der Waals surface area contributed by atoms with Crippen LogP contribution < -0.4 is 5.73 Å². The molecule has 0 saturated carbocycles. The summed E-state index contributed by atoms with van der Waals surface area (Å²) in [6, 6.07) is 4.71. The molecule has 0 amide bonds. The Bertz CT molecular complexity index is 319. The van der Waals surface area contributed by atoms with Gasteiger partial charge in [0.25, 0.3) is 0 Å². The van der Waals surface area contributed by atoms with Crippen LogP contribution in [0, 0.1) is 13.8 Å². The Kier molecular flexibility index (Phi) is 4.60. The van der Waals surface area contributed by atoms with E-state index in [4.69, 9.17) is 10.8 Å². The predicted molar refractivity (Wildman–Crippen MR) is 57.7 cm³/mol. The molecule has 0 fully saturated rings. The van der Waals surface area contributed by atoms with Crippen LogP contribution in [0.2, 0.25) is 0 Å². The van der Waals surface area contributed by atoms with Crippen molar-refractivity contribution >= 4 is 18.4 Å². The average molecular weight is 216 g/mol. The number of aliphatic carboxylic acids is 1. The molecule has 1 aromatic rings. The van der Waals surface area contributed by atoms with Gasteiger partial charge < -0.3 is 10.8 Å². The van der Waals surface area contributed by atoms with Crippen LogP contribution in [0.3, 0.4) is 0 Å². The van der Waals surface area contributed by atoms with Crippen LogP contribution in [0.15, 0.2) is 18.2 Å². The van der Waals surface area contributed by atoms with E-state index in [0.717, 1.165) is 16.7 Å². The molecule has 0 heterocycles. The minimum atomic E-state index is -0.989. The van der Waals surface area contributed by atoms with E-state index in [9.17, 15) is 4.79 Å². The number of halogens is 1. The van der Waals surface area contributed by atoms with Gasteiger partial charge >= 0.3 is 5.97 Å². The van der Waals surface area contributed by atoms with Gasteiger partial charge in [0.15, 0.2) is 0 Å². The molecule has 4 heteroatoms. The summed E-state index contributed by atoms with van der Waals surface area (Å²) in [4.78, 5) is 10.7. The minimum Gasteiger partial charge on any atom is -0.480 e. The lowest BCUT2D eigenvalue weighted by Crippen LogP contribution is -2.22. The second-order valence-corrected chi connectivity index (χ2v) is 3.12. The monoisotopic (exact) mass is 215 g/mol. The number of rotatable bonds is 2. The molecule has 0 aliphatic carbocycles. The summed E-state index contributed by atoms with van der Waals surface area (Å²) in [6.07, 6.45) is 0. The molecule has 78 valence electrons. The highest BCUT2D eigenvalue weighted by atomic mass is 35.5. The molecule has 0 aromatic heterocycles. The summed E-state index contributed by atoms with van der Waals surface area (Å²) >= 11 is 0. The number of carboxylic acids is 1. The average Bonchev–Trinajstić information content (AvgIpc) is 2.03. The molecule has 3 nitrogen and oxygen atoms in total. The minimum absolute atomic E-state index is 0. The zero-order chi connectivity index (χ0) is 10.0. The van der Waals surface area contributed by atoms with E-state index in [0.29, 0.717) is 0 Å². The Morgan fingerprint density at radius 1 is 1.36 bits per heavy atom. The molecular weight excluding hydrogens is 202 g/mol. The van der Waals surface area contributed by atoms with Crippen LogP contribution in [0.1, 0.15) is 22.7 Å². The van der Waals surface area contributed by atoms with Gasteiger partial charge in [0.1, 0.15) is 6.04 Å².